The van der Waals surface area contributed by atoms with Crippen LogP contribution in [0.4, 0.5) is 0 Å². The first-order valence-corrected chi connectivity index (χ1v) is 10.4. The van der Waals surface area contributed by atoms with Crippen LogP contribution in [-0.4, -0.2) is 41.7 Å². The number of thioether (sulfide) groups is 1. The molecule has 0 aliphatic carbocycles. The van der Waals surface area contributed by atoms with Crippen molar-refractivity contribution >= 4 is 29.1 Å². The number of nitrogens with zero attached hydrogens (tertiary/aromatic N) is 3. The lowest BCUT2D eigenvalue weighted by Gasteiger charge is -2.15. The maximum absolute atomic E-state index is 12.9. The third kappa shape index (κ3) is 5.17. The molecule has 1 aliphatic rings. The van der Waals surface area contributed by atoms with Crippen LogP contribution in [0.2, 0.25) is 0 Å². The van der Waals surface area contributed by atoms with Crippen molar-refractivity contribution in [2.75, 3.05) is 14.2 Å². The van der Waals surface area contributed by atoms with Gasteiger partial charge in [0.05, 0.1) is 32.2 Å². The highest BCUT2D eigenvalue weighted by Crippen LogP contribution is 2.31. The van der Waals surface area contributed by atoms with Crippen molar-refractivity contribution in [1.82, 2.24) is 4.90 Å². The fourth-order valence-corrected chi connectivity index (χ4v) is 4.22. The smallest absolute Gasteiger partial charge is 0.242 e. The number of benzene rings is 2. The van der Waals surface area contributed by atoms with Crippen LogP contribution in [0, 0.1) is 0 Å². The Kier molecular flexibility index (Phi) is 7.30. The topological polar surface area (TPSA) is 63.5 Å². The van der Waals surface area contributed by atoms with Crippen molar-refractivity contribution in [3.8, 4) is 11.5 Å². The highest BCUT2D eigenvalue weighted by atomic mass is 32.2. The largest absolute Gasteiger partial charge is 0.497 e. The number of hydrogen-bond donors (Lipinski definition) is 0. The Hall–Kier alpha value is -2.80. The van der Waals surface area contributed by atoms with Crippen molar-refractivity contribution in [2.24, 2.45) is 10.2 Å². The monoisotopic (exact) mass is 411 g/mol. The summed E-state index contributed by atoms with van der Waals surface area (Å²) in [6.07, 6.45) is 3.40. The van der Waals surface area contributed by atoms with E-state index < -0.39 is 0 Å². The third-order valence-corrected chi connectivity index (χ3v) is 5.77. The normalized spacial score (nSPS) is 18.0. The molecule has 0 spiro atoms. The molecule has 0 saturated carbocycles. The summed E-state index contributed by atoms with van der Waals surface area (Å²) in [6, 6.07) is 15.4. The number of hydrogen-bond acceptors (Lipinski definition) is 6. The van der Waals surface area contributed by atoms with Crippen LogP contribution in [0.15, 0.2) is 58.7 Å². The van der Waals surface area contributed by atoms with Gasteiger partial charge in [-0.15, -0.1) is 5.10 Å². The van der Waals surface area contributed by atoms with Gasteiger partial charge in [-0.05, 0) is 24.1 Å². The molecule has 1 fully saturated rings. The molecule has 1 amide bonds. The van der Waals surface area contributed by atoms with Crippen LogP contribution in [0.1, 0.15) is 30.9 Å². The van der Waals surface area contributed by atoms with Crippen molar-refractivity contribution in [2.45, 2.75) is 31.6 Å². The standard InChI is InChI=1S/C22H25N3O3S/c1-4-8-20-21(26)25(15-16-9-6-5-7-10-16)22(29-20)24-23-14-17-11-12-18(27-2)13-19(17)28-3/h5-7,9-14,20H,4,8,15H2,1-3H3/b23-14-,24-22+/t20-/m0/s1. The van der Waals surface area contributed by atoms with Crippen molar-refractivity contribution in [3.63, 3.8) is 0 Å². The molecule has 3 rings (SSSR count). The number of rotatable bonds is 8. The first kappa shape index (κ1) is 20.9. The summed E-state index contributed by atoms with van der Waals surface area (Å²) in [4.78, 5) is 14.6. The molecule has 1 saturated heterocycles. The van der Waals surface area contributed by atoms with Crippen LogP contribution < -0.4 is 9.47 Å². The number of amidine groups is 1. The van der Waals surface area contributed by atoms with E-state index in [1.165, 1.54) is 11.8 Å². The first-order chi connectivity index (χ1) is 14.2. The van der Waals surface area contributed by atoms with Gasteiger partial charge in [0.1, 0.15) is 11.5 Å². The Labute approximate surface area is 175 Å². The number of ether oxygens (including phenoxy) is 2. The lowest BCUT2D eigenvalue weighted by Crippen LogP contribution is -2.31. The minimum Gasteiger partial charge on any atom is -0.497 e. The van der Waals surface area contributed by atoms with Crippen LogP contribution in [-0.2, 0) is 11.3 Å². The fraction of sp³-hybridized carbons (Fsp3) is 0.318. The number of carbonyl (C=O) groups is 1. The van der Waals surface area contributed by atoms with Gasteiger partial charge < -0.3 is 9.47 Å². The van der Waals surface area contributed by atoms with Crippen molar-refractivity contribution in [3.05, 3.63) is 59.7 Å². The molecule has 2 aromatic carbocycles. The van der Waals surface area contributed by atoms with Crippen LogP contribution in [0.3, 0.4) is 0 Å². The van der Waals surface area contributed by atoms with E-state index in [2.05, 4.69) is 17.1 Å². The highest BCUT2D eigenvalue weighted by molar-refractivity contribution is 8.15. The maximum Gasteiger partial charge on any atom is 0.242 e. The van der Waals surface area contributed by atoms with Gasteiger partial charge in [-0.3, -0.25) is 9.69 Å². The summed E-state index contributed by atoms with van der Waals surface area (Å²) in [5, 5.41) is 9.12. The Bertz CT molecular complexity index is 899. The van der Waals surface area contributed by atoms with Crippen molar-refractivity contribution in [1.29, 1.82) is 0 Å². The predicted octanol–water partition coefficient (Wildman–Crippen LogP) is 4.34. The van der Waals surface area contributed by atoms with Gasteiger partial charge in [0.2, 0.25) is 5.91 Å². The second-order valence-electron chi connectivity index (χ2n) is 6.54. The van der Waals surface area contributed by atoms with Gasteiger partial charge >= 0.3 is 0 Å². The number of carbonyl (C=O) groups excluding carboxylic acids is 1. The zero-order chi connectivity index (χ0) is 20.6. The zero-order valence-corrected chi connectivity index (χ0v) is 17.7. The van der Waals surface area contributed by atoms with Gasteiger partial charge in [0, 0.05) is 11.6 Å². The molecule has 1 aliphatic heterocycles. The molecule has 0 N–H and O–H groups in total. The highest BCUT2D eigenvalue weighted by Gasteiger charge is 2.37. The molecule has 6 nitrogen and oxygen atoms in total. The van der Waals surface area contributed by atoms with Gasteiger partial charge in [-0.25, -0.2) is 0 Å². The lowest BCUT2D eigenvalue weighted by atomic mass is 10.2. The average molecular weight is 412 g/mol. The van der Waals surface area contributed by atoms with Crippen LogP contribution in [0.5, 0.6) is 11.5 Å². The number of amides is 1. The molecule has 29 heavy (non-hydrogen) atoms. The SMILES string of the molecule is CCC[C@@H]1S/C(=N/N=C\c2ccc(OC)cc2OC)N(Cc2ccccc2)C1=O. The molecule has 1 heterocycles. The predicted molar refractivity (Wildman–Crippen MR) is 118 cm³/mol. The Morgan fingerprint density at radius 3 is 2.62 bits per heavy atom. The van der Waals surface area contributed by atoms with E-state index in [1.807, 2.05) is 42.5 Å². The molecule has 1 atom stereocenters. The summed E-state index contributed by atoms with van der Waals surface area (Å²) >= 11 is 1.48. The van der Waals surface area contributed by atoms with E-state index in [4.69, 9.17) is 9.47 Å². The minimum atomic E-state index is -0.104. The third-order valence-electron chi connectivity index (χ3n) is 4.54. The van der Waals surface area contributed by atoms with Gasteiger partial charge in [0.25, 0.3) is 0 Å². The Morgan fingerprint density at radius 2 is 1.93 bits per heavy atom. The molecule has 152 valence electrons. The maximum atomic E-state index is 12.9. The van der Waals surface area contributed by atoms with Crippen molar-refractivity contribution < 1.29 is 14.3 Å². The molecule has 7 heteroatoms. The summed E-state index contributed by atoms with van der Waals surface area (Å²) in [5.74, 6) is 1.45. The Balaban J connectivity index is 1.82. The van der Waals surface area contributed by atoms with E-state index in [0.717, 1.165) is 24.0 Å². The quantitative estimate of drug-likeness (QED) is 0.479. The minimum absolute atomic E-state index is 0.0941. The second kappa shape index (κ2) is 10.1. The molecule has 2 aromatic rings. The molecule has 0 unspecified atom stereocenters. The molecule has 0 radical (unpaired) electrons. The van der Waals surface area contributed by atoms with E-state index >= 15 is 0 Å². The number of methoxy groups -OCH3 is 2. The summed E-state index contributed by atoms with van der Waals surface area (Å²) in [5.41, 5.74) is 1.85. The van der Waals surface area contributed by atoms with E-state index in [0.29, 0.717) is 23.2 Å². The van der Waals surface area contributed by atoms with Crippen LogP contribution in [0.25, 0.3) is 0 Å². The van der Waals surface area contributed by atoms with E-state index in [9.17, 15) is 4.79 Å². The summed E-state index contributed by atoms with van der Waals surface area (Å²) < 4.78 is 10.6. The van der Waals surface area contributed by atoms with Crippen LogP contribution >= 0.6 is 11.8 Å². The Morgan fingerprint density at radius 1 is 1.14 bits per heavy atom. The average Bonchev–Trinajstić information content (AvgIpc) is 3.04. The fourth-order valence-electron chi connectivity index (χ4n) is 3.01. The molecule has 0 aromatic heterocycles. The second-order valence-corrected chi connectivity index (χ2v) is 7.71. The summed E-state index contributed by atoms with van der Waals surface area (Å²) in [6.45, 7) is 2.58. The van der Waals surface area contributed by atoms with E-state index in [1.54, 1.807) is 31.4 Å². The summed E-state index contributed by atoms with van der Waals surface area (Å²) in [7, 11) is 3.21. The molecular weight excluding hydrogens is 386 g/mol. The van der Waals surface area contributed by atoms with E-state index in [-0.39, 0.29) is 11.2 Å². The molecule has 0 bridgehead atoms. The zero-order valence-electron chi connectivity index (χ0n) is 16.9. The van der Waals surface area contributed by atoms with Gasteiger partial charge in [-0.1, -0.05) is 55.4 Å². The molecular formula is C22H25N3O3S. The first-order valence-electron chi connectivity index (χ1n) is 9.51. The van der Waals surface area contributed by atoms with Gasteiger partial charge in [0.15, 0.2) is 5.17 Å². The lowest BCUT2D eigenvalue weighted by molar-refractivity contribution is -0.126. The van der Waals surface area contributed by atoms with Gasteiger partial charge in [-0.2, -0.15) is 5.10 Å².